The van der Waals surface area contributed by atoms with Gasteiger partial charge in [-0.15, -0.1) is 0 Å². The van der Waals surface area contributed by atoms with Gasteiger partial charge in [0.25, 0.3) is 11.8 Å². The lowest BCUT2D eigenvalue weighted by Crippen LogP contribution is -2.44. The van der Waals surface area contributed by atoms with Gasteiger partial charge in [-0.1, -0.05) is 18.2 Å². The van der Waals surface area contributed by atoms with E-state index in [0.717, 1.165) is 31.6 Å². The van der Waals surface area contributed by atoms with Gasteiger partial charge in [0.2, 0.25) is 0 Å². The van der Waals surface area contributed by atoms with E-state index in [4.69, 9.17) is 9.47 Å². The maximum atomic E-state index is 12.7. The number of carbonyl (C=O) groups excluding carboxylic acids is 2. The molecule has 2 amide bonds. The van der Waals surface area contributed by atoms with Gasteiger partial charge >= 0.3 is 0 Å². The van der Waals surface area contributed by atoms with E-state index in [9.17, 15) is 9.59 Å². The zero-order valence-corrected chi connectivity index (χ0v) is 19.8. The predicted octanol–water partition coefficient (Wildman–Crippen LogP) is 3.70. The van der Waals surface area contributed by atoms with Crippen molar-refractivity contribution in [3.8, 4) is 0 Å². The highest BCUT2D eigenvalue weighted by Crippen LogP contribution is 2.16. The average molecular weight is 454 g/mol. The molecule has 7 nitrogen and oxygen atoms in total. The van der Waals surface area contributed by atoms with Crippen molar-refractivity contribution in [2.75, 3.05) is 38.2 Å². The van der Waals surface area contributed by atoms with Crippen LogP contribution < -0.4 is 10.6 Å². The first-order chi connectivity index (χ1) is 15.9. The van der Waals surface area contributed by atoms with Crippen LogP contribution in [0.25, 0.3) is 0 Å². The summed E-state index contributed by atoms with van der Waals surface area (Å²) in [6, 6.07) is 14.6. The molecule has 1 heterocycles. The monoisotopic (exact) mass is 453 g/mol. The van der Waals surface area contributed by atoms with Gasteiger partial charge in [-0.2, -0.15) is 0 Å². The van der Waals surface area contributed by atoms with Crippen LogP contribution in [0, 0.1) is 0 Å². The molecule has 0 aromatic heterocycles. The van der Waals surface area contributed by atoms with Crippen LogP contribution in [-0.2, 0) is 16.0 Å². The van der Waals surface area contributed by atoms with Gasteiger partial charge in [0.1, 0.15) is 0 Å². The smallest absolute Gasteiger partial charge is 0.255 e. The summed E-state index contributed by atoms with van der Waals surface area (Å²) in [7, 11) is 0. The second-order valence-corrected chi connectivity index (χ2v) is 8.49. The Balaban J connectivity index is 1.52. The predicted molar refractivity (Wildman–Crippen MR) is 130 cm³/mol. The van der Waals surface area contributed by atoms with E-state index in [2.05, 4.69) is 29.4 Å². The molecule has 0 spiro atoms. The van der Waals surface area contributed by atoms with Gasteiger partial charge in [-0.25, -0.2) is 0 Å². The normalized spacial score (nSPS) is 18.6. The number of morpholine rings is 1. The van der Waals surface area contributed by atoms with Crippen molar-refractivity contribution >= 4 is 17.5 Å². The standard InChI is InChI=1S/C26H35N3O4/c1-4-32-14-6-13-27-25(30)23-7-5-8-24(15-23)28-26(31)22-11-9-21(10-12-22)18-29-16-19(2)33-20(3)17-29/h5,7-12,15,19-20H,4,6,13-14,16-18H2,1-3H3,(H,27,30)(H,28,31). The molecule has 2 aromatic carbocycles. The second-order valence-electron chi connectivity index (χ2n) is 8.49. The van der Waals surface area contributed by atoms with Crippen LogP contribution >= 0.6 is 0 Å². The Bertz CT molecular complexity index is 906. The molecular weight excluding hydrogens is 418 g/mol. The van der Waals surface area contributed by atoms with Gasteiger partial charge in [-0.3, -0.25) is 14.5 Å². The van der Waals surface area contributed by atoms with Gasteiger partial charge < -0.3 is 20.1 Å². The van der Waals surface area contributed by atoms with E-state index >= 15 is 0 Å². The summed E-state index contributed by atoms with van der Waals surface area (Å²) in [5.41, 5.74) is 2.83. The number of ether oxygens (including phenoxy) is 2. The van der Waals surface area contributed by atoms with Crippen LogP contribution in [0.5, 0.6) is 0 Å². The second kappa shape index (κ2) is 12.5. The number of rotatable bonds is 10. The molecular formula is C26H35N3O4. The molecule has 3 rings (SSSR count). The van der Waals surface area contributed by atoms with Crippen molar-refractivity contribution < 1.29 is 19.1 Å². The molecule has 2 aromatic rings. The lowest BCUT2D eigenvalue weighted by atomic mass is 10.1. The Morgan fingerprint density at radius 3 is 2.45 bits per heavy atom. The molecule has 0 saturated carbocycles. The highest BCUT2D eigenvalue weighted by atomic mass is 16.5. The van der Waals surface area contributed by atoms with E-state index in [1.807, 2.05) is 31.2 Å². The summed E-state index contributed by atoms with van der Waals surface area (Å²) in [6.45, 7) is 10.6. The number of benzene rings is 2. The van der Waals surface area contributed by atoms with E-state index in [-0.39, 0.29) is 24.0 Å². The fraction of sp³-hybridized carbons (Fsp3) is 0.462. The summed E-state index contributed by atoms with van der Waals surface area (Å²) in [5, 5.41) is 5.76. The maximum Gasteiger partial charge on any atom is 0.255 e. The van der Waals surface area contributed by atoms with E-state index in [0.29, 0.717) is 36.6 Å². The van der Waals surface area contributed by atoms with Crippen LogP contribution in [0.15, 0.2) is 48.5 Å². The Labute approximate surface area is 196 Å². The summed E-state index contributed by atoms with van der Waals surface area (Å²) < 4.78 is 11.1. The maximum absolute atomic E-state index is 12.7. The van der Waals surface area contributed by atoms with Crippen molar-refractivity contribution in [3.63, 3.8) is 0 Å². The molecule has 1 aliphatic rings. The number of hydrogen-bond donors (Lipinski definition) is 2. The van der Waals surface area contributed by atoms with Crippen LogP contribution in [0.3, 0.4) is 0 Å². The minimum absolute atomic E-state index is 0.168. The first-order valence-corrected chi connectivity index (χ1v) is 11.7. The summed E-state index contributed by atoms with van der Waals surface area (Å²) in [6.07, 6.45) is 1.22. The number of nitrogens with one attached hydrogen (secondary N) is 2. The average Bonchev–Trinajstić information content (AvgIpc) is 2.79. The first-order valence-electron chi connectivity index (χ1n) is 11.7. The first kappa shape index (κ1) is 24.9. The minimum atomic E-state index is -0.204. The topological polar surface area (TPSA) is 79.9 Å². The number of nitrogens with zero attached hydrogens (tertiary/aromatic N) is 1. The molecule has 0 bridgehead atoms. The number of amides is 2. The van der Waals surface area contributed by atoms with Gasteiger partial charge in [-0.05, 0) is 63.1 Å². The van der Waals surface area contributed by atoms with Crippen LogP contribution in [0.2, 0.25) is 0 Å². The van der Waals surface area contributed by atoms with Crippen LogP contribution in [0.1, 0.15) is 53.5 Å². The Kier molecular flexibility index (Phi) is 9.42. The third-order valence-corrected chi connectivity index (χ3v) is 5.46. The number of carbonyl (C=O) groups is 2. The molecule has 1 saturated heterocycles. The minimum Gasteiger partial charge on any atom is -0.382 e. The third-order valence-electron chi connectivity index (χ3n) is 5.46. The summed E-state index contributed by atoms with van der Waals surface area (Å²) >= 11 is 0. The highest BCUT2D eigenvalue weighted by molar-refractivity contribution is 6.05. The number of hydrogen-bond acceptors (Lipinski definition) is 5. The fourth-order valence-corrected chi connectivity index (χ4v) is 4.00. The summed E-state index contributed by atoms with van der Waals surface area (Å²) in [4.78, 5) is 27.4. The summed E-state index contributed by atoms with van der Waals surface area (Å²) in [5.74, 6) is -0.372. The van der Waals surface area contributed by atoms with Gasteiger partial charge in [0.05, 0.1) is 12.2 Å². The van der Waals surface area contributed by atoms with E-state index < -0.39 is 0 Å². The SMILES string of the molecule is CCOCCCNC(=O)c1cccc(NC(=O)c2ccc(CN3CC(C)OC(C)C3)cc2)c1. The molecule has 2 unspecified atom stereocenters. The highest BCUT2D eigenvalue weighted by Gasteiger charge is 2.22. The molecule has 0 aliphatic carbocycles. The van der Waals surface area contributed by atoms with Crippen molar-refractivity contribution in [3.05, 3.63) is 65.2 Å². The molecule has 1 aliphatic heterocycles. The quantitative estimate of drug-likeness (QED) is 0.536. The lowest BCUT2D eigenvalue weighted by Gasteiger charge is -2.35. The Hall–Kier alpha value is -2.74. The van der Waals surface area contributed by atoms with Crippen molar-refractivity contribution in [1.29, 1.82) is 0 Å². The van der Waals surface area contributed by atoms with Crippen molar-refractivity contribution in [2.24, 2.45) is 0 Å². The van der Waals surface area contributed by atoms with Gasteiger partial charge in [0, 0.05) is 56.2 Å². The molecule has 33 heavy (non-hydrogen) atoms. The molecule has 1 fully saturated rings. The van der Waals surface area contributed by atoms with Crippen molar-refractivity contribution in [2.45, 2.75) is 45.9 Å². The molecule has 2 N–H and O–H groups in total. The van der Waals surface area contributed by atoms with E-state index in [1.165, 1.54) is 0 Å². The van der Waals surface area contributed by atoms with Gasteiger partial charge in [0.15, 0.2) is 0 Å². The Morgan fingerprint density at radius 1 is 1.03 bits per heavy atom. The molecule has 178 valence electrons. The fourth-order valence-electron chi connectivity index (χ4n) is 4.00. The lowest BCUT2D eigenvalue weighted by molar-refractivity contribution is -0.0704. The largest absolute Gasteiger partial charge is 0.382 e. The van der Waals surface area contributed by atoms with Crippen LogP contribution in [0.4, 0.5) is 5.69 Å². The zero-order chi connectivity index (χ0) is 23.6. The zero-order valence-electron chi connectivity index (χ0n) is 19.8. The van der Waals surface area contributed by atoms with E-state index in [1.54, 1.807) is 24.3 Å². The number of anilines is 1. The third kappa shape index (κ3) is 7.96. The Morgan fingerprint density at radius 2 is 1.76 bits per heavy atom. The molecule has 0 radical (unpaired) electrons. The van der Waals surface area contributed by atoms with Crippen molar-refractivity contribution in [1.82, 2.24) is 10.2 Å². The molecule has 2 atom stereocenters. The molecule has 7 heteroatoms. The van der Waals surface area contributed by atoms with Crippen LogP contribution in [-0.4, -0.2) is 61.8 Å².